The SMILES string of the molecule is CC1CC(O)c2ccc(F)c(Br)c2CS1. The molecule has 0 radical (unpaired) electrons. The number of thioether (sulfide) groups is 1. The molecule has 1 heterocycles. The Morgan fingerprint density at radius 3 is 3.00 bits per heavy atom. The molecular weight excluding hydrogens is 279 g/mol. The van der Waals surface area contributed by atoms with Crippen molar-refractivity contribution < 1.29 is 9.50 Å². The molecule has 82 valence electrons. The summed E-state index contributed by atoms with van der Waals surface area (Å²) in [7, 11) is 0. The standard InChI is InChI=1S/C11H12BrFOS/c1-6-4-10(14)7-2-3-9(13)11(12)8(7)5-15-6/h2-3,6,10,14H,4-5H2,1H3. The van der Waals surface area contributed by atoms with E-state index in [1.807, 2.05) is 0 Å². The van der Waals surface area contributed by atoms with Gasteiger partial charge in [0.1, 0.15) is 5.82 Å². The van der Waals surface area contributed by atoms with Gasteiger partial charge in [-0.3, -0.25) is 0 Å². The first-order valence-electron chi connectivity index (χ1n) is 4.86. The van der Waals surface area contributed by atoms with Crippen LogP contribution in [-0.2, 0) is 5.75 Å². The molecule has 0 saturated heterocycles. The number of halogens is 2. The molecule has 0 aliphatic carbocycles. The number of hydrogen-bond acceptors (Lipinski definition) is 2. The molecule has 0 bridgehead atoms. The van der Waals surface area contributed by atoms with Crippen molar-refractivity contribution in [2.24, 2.45) is 0 Å². The smallest absolute Gasteiger partial charge is 0.137 e. The first-order valence-corrected chi connectivity index (χ1v) is 6.70. The molecule has 1 aliphatic rings. The number of benzene rings is 1. The van der Waals surface area contributed by atoms with E-state index >= 15 is 0 Å². The van der Waals surface area contributed by atoms with Crippen LogP contribution in [0.1, 0.15) is 30.6 Å². The van der Waals surface area contributed by atoms with E-state index in [9.17, 15) is 9.50 Å². The second-order valence-electron chi connectivity index (χ2n) is 3.80. The van der Waals surface area contributed by atoms with Gasteiger partial charge in [-0.15, -0.1) is 0 Å². The summed E-state index contributed by atoms with van der Waals surface area (Å²) in [6, 6.07) is 3.10. The third-order valence-corrected chi connectivity index (χ3v) is 4.73. The van der Waals surface area contributed by atoms with Gasteiger partial charge in [0.05, 0.1) is 10.6 Å². The largest absolute Gasteiger partial charge is 0.388 e. The van der Waals surface area contributed by atoms with Gasteiger partial charge in [0.15, 0.2) is 0 Å². The average molecular weight is 291 g/mol. The molecule has 1 nitrogen and oxygen atoms in total. The molecule has 1 aromatic carbocycles. The van der Waals surface area contributed by atoms with Crippen LogP contribution < -0.4 is 0 Å². The molecule has 2 rings (SSSR count). The van der Waals surface area contributed by atoms with Crippen molar-refractivity contribution in [1.82, 2.24) is 0 Å². The van der Waals surface area contributed by atoms with Crippen LogP contribution >= 0.6 is 27.7 Å². The zero-order valence-corrected chi connectivity index (χ0v) is 10.7. The van der Waals surface area contributed by atoms with Crippen LogP contribution in [0.25, 0.3) is 0 Å². The summed E-state index contributed by atoms with van der Waals surface area (Å²) in [6.45, 7) is 2.09. The van der Waals surface area contributed by atoms with Crippen molar-refractivity contribution in [3.05, 3.63) is 33.5 Å². The lowest BCUT2D eigenvalue weighted by Crippen LogP contribution is -2.04. The van der Waals surface area contributed by atoms with Crippen molar-refractivity contribution in [1.29, 1.82) is 0 Å². The topological polar surface area (TPSA) is 20.2 Å². The summed E-state index contributed by atoms with van der Waals surface area (Å²) in [5, 5.41) is 10.4. The van der Waals surface area contributed by atoms with Gasteiger partial charge in [-0.25, -0.2) is 4.39 Å². The minimum absolute atomic E-state index is 0.254. The first kappa shape index (κ1) is 11.4. The number of fused-ring (bicyclic) bond motifs is 1. The van der Waals surface area contributed by atoms with E-state index in [-0.39, 0.29) is 5.82 Å². The summed E-state index contributed by atoms with van der Waals surface area (Å²) in [5.41, 5.74) is 1.76. The van der Waals surface area contributed by atoms with Gasteiger partial charge in [-0.05, 0) is 39.5 Å². The predicted molar refractivity (Wildman–Crippen MR) is 64.4 cm³/mol. The van der Waals surface area contributed by atoms with Crippen LogP contribution in [-0.4, -0.2) is 10.4 Å². The molecule has 2 atom stereocenters. The fourth-order valence-electron chi connectivity index (χ4n) is 1.80. The molecule has 1 aliphatic heterocycles. The molecule has 0 spiro atoms. The Balaban J connectivity index is 2.48. The van der Waals surface area contributed by atoms with Gasteiger partial charge in [0.2, 0.25) is 0 Å². The highest BCUT2D eigenvalue weighted by Crippen LogP contribution is 2.38. The monoisotopic (exact) mass is 290 g/mol. The Hall–Kier alpha value is -0.0600. The van der Waals surface area contributed by atoms with E-state index in [0.29, 0.717) is 9.72 Å². The van der Waals surface area contributed by atoms with Crippen LogP contribution in [0, 0.1) is 5.82 Å². The van der Waals surface area contributed by atoms with E-state index in [0.717, 1.165) is 23.3 Å². The summed E-state index contributed by atoms with van der Waals surface area (Å²) in [6.07, 6.45) is 0.261. The van der Waals surface area contributed by atoms with Crippen molar-refractivity contribution in [2.45, 2.75) is 30.5 Å². The van der Waals surface area contributed by atoms with Gasteiger partial charge < -0.3 is 5.11 Å². The van der Waals surface area contributed by atoms with Gasteiger partial charge in [-0.1, -0.05) is 13.0 Å². The van der Waals surface area contributed by atoms with Crippen LogP contribution in [0.5, 0.6) is 0 Å². The highest BCUT2D eigenvalue weighted by molar-refractivity contribution is 9.10. The third kappa shape index (κ3) is 2.22. The van der Waals surface area contributed by atoms with Crippen LogP contribution in [0.3, 0.4) is 0 Å². The lowest BCUT2D eigenvalue weighted by Gasteiger charge is -2.13. The molecule has 4 heteroatoms. The van der Waals surface area contributed by atoms with Crippen LogP contribution in [0.15, 0.2) is 16.6 Å². The Morgan fingerprint density at radius 2 is 2.27 bits per heavy atom. The average Bonchev–Trinajstić information content (AvgIpc) is 2.32. The van der Waals surface area contributed by atoms with E-state index in [2.05, 4.69) is 22.9 Å². The highest BCUT2D eigenvalue weighted by atomic mass is 79.9. The van der Waals surface area contributed by atoms with Gasteiger partial charge in [-0.2, -0.15) is 11.8 Å². The summed E-state index contributed by atoms with van der Waals surface area (Å²) in [4.78, 5) is 0. The normalized spacial score (nSPS) is 25.9. The Bertz CT molecular complexity index is 383. The van der Waals surface area contributed by atoms with E-state index in [4.69, 9.17) is 0 Å². The fraction of sp³-hybridized carbons (Fsp3) is 0.455. The van der Waals surface area contributed by atoms with Crippen LogP contribution in [0.2, 0.25) is 0 Å². The molecule has 2 unspecified atom stereocenters. The second kappa shape index (κ2) is 4.44. The quantitative estimate of drug-likeness (QED) is 0.787. The fourth-order valence-corrected chi connectivity index (χ4v) is 3.57. The van der Waals surface area contributed by atoms with Gasteiger partial charge >= 0.3 is 0 Å². The van der Waals surface area contributed by atoms with Gasteiger partial charge in [0.25, 0.3) is 0 Å². The molecule has 1 aromatic rings. The van der Waals surface area contributed by atoms with E-state index in [1.165, 1.54) is 6.07 Å². The minimum atomic E-state index is -0.470. The van der Waals surface area contributed by atoms with Crippen molar-refractivity contribution in [2.75, 3.05) is 0 Å². The minimum Gasteiger partial charge on any atom is -0.388 e. The number of aliphatic hydroxyl groups excluding tert-OH is 1. The maximum atomic E-state index is 13.3. The third-order valence-electron chi connectivity index (χ3n) is 2.66. The first-order chi connectivity index (χ1) is 7.09. The molecule has 0 aromatic heterocycles. The van der Waals surface area contributed by atoms with E-state index < -0.39 is 6.10 Å². The van der Waals surface area contributed by atoms with Crippen molar-refractivity contribution >= 4 is 27.7 Å². The zero-order valence-electron chi connectivity index (χ0n) is 8.34. The Kier molecular flexibility index (Phi) is 3.38. The summed E-state index contributed by atoms with van der Waals surface area (Å²) in [5.74, 6) is 0.502. The Labute approximate surface area is 101 Å². The summed E-state index contributed by atoms with van der Waals surface area (Å²) < 4.78 is 13.8. The Morgan fingerprint density at radius 1 is 1.53 bits per heavy atom. The number of rotatable bonds is 0. The predicted octanol–water partition coefficient (Wildman–Crippen LogP) is 3.65. The van der Waals surface area contributed by atoms with Crippen molar-refractivity contribution in [3.63, 3.8) is 0 Å². The molecule has 1 N–H and O–H groups in total. The zero-order chi connectivity index (χ0) is 11.0. The highest BCUT2D eigenvalue weighted by Gasteiger charge is 2.23. The number of hydrogen-bond donors (Lipinski definition) is 1. The maximum absolute atomic E-state index is 13.3. The molecule has 0 amide bonds. The van der Waals surface area contributed by atoms with Crippen molar-refractivity contribution in [3.8, 4) is 0 Å². The molecular formula is C11H12BrFOS. The van der Waals surface area contributed by atoms with Crippen LogP contribution in [0.4, 0.5) is 4.39 Å². The summed E-state index contributed by atoms with van der Waals surface area (Å²) >= 11 is 5.00. The number of aliphatic hydroxyl groups is 1. The van der Waals surface area contributed by atoms with Gasteiger partial charge in [0, 0.05) is 11.0 Å². The van der Waals surface area contributed by atoms with E-state index in [1.54, 1.807) is 17.8 Å². The molecule has 15 heavy (non-hydrogen) atoms. The second-order valence-corrected chi connectivity index (χ2v) is 6.02. The maximum Gasteiger partial charge on any atom is 0.137 e. The molecule has 0 saturated carbocycles. The lowest BCUT2D eigenvalue weighted by molar-refractivity contribution is 0.168. The lowest BCUT2D eigenvalue weighted by atomic mass is 10.0. The molecule has 0 fully saturated rings.